The zero-order valence-electron chi connectivity index (χ0n) is 26.0. The summed E-state index contributed by atoms with van der Waals surface area (Å²) in [4.78, 5) is 30.5. The van der Waals surface area contributed by atoms with Gasteiger partial charge in [0, 0.05) is 22.6 Å². The first-order valence-electron chi connectivity index (χ1n) is 15.7. The Hall–Kier alpha value is -3.70. The number of halogens is 1. The minimum absolute atomic E-state index is 0.0525. The second-order valence-electron chi connectivity index (χ2n) is 11.8. The molecular formula is C37H40IN3O4S. The molecule has 7 nitrogen and oxygen atoms in total. The van der Waals surface area contributed by atoms with Crippen molar-refractivity contribution < 1.29 is 18.0 Å². The van der Waals surface area contributed by atoms with Crippen LogP contribution < -0.4 is 9.62 Å². The third-order valence-electron chi connectivity index (χ3n) is 8.55. The zero-order valence-corrected chi connectivity index (χ0v) is 29.0. The highest BCUT2D eigenvalue weighted by Gasteiger charge is 2.35. The van der Waals surface area contributed by atoms with Crippen LogP contribution in [0, 0.1) is 10.5 Å². The summed E-state index contributed by atoms with van der Waals surface area (Å²) in [5, 5.41) is 3.26. The van der Waals surface area contributed by atoms with E-state index in [2.05, 4.69) is 27.9 Å². The molecule has 0 aromatic heterocycles. The third-order valence-corrected chi connectivity index (χ3v) is 11.1. The predicted molar refractivity (Wildman–Crippen MR) is 191 cm³/mol. The lowest BCUT2D eigenvalue weighted by Crippen LogP contribution is -2.55. The predicted octanol–water partition coefficient (Wildman–Crippen LogP) is 6.88. The number of hydrogen-bond donors (Lipinski definition) is 1. The van der Waals surface area contributed by atoms with Crippen molar-refractivity contribution in [1.82, 2.24) is 10.2 Å². The van der Waals surface area contributed by atoms with Crippen molar-refractivity contribution in [3.8, 4) is 0 Å². The number of rotatable bonds is 12. The van der Waals surface area contributed by atoms with Crippen LogP contribution in [0.15, 0.2) is 114 Å². The average molecular weight is 750 g/mol. The van der Waals surface area contributed by atoms with Gasteiger partial charge in [-0.05, 0) is 95.4 Å². The largest absolute Gasteiger partial charge is 0.352 e. The molecule has 1 saturated carbocycles. The van der Waals surface area contributed by atoms with Crippen LogP contribution in [0.4, 0.5) is 5.69 Å². The van der Waals surface area contributed by atoms with Crippen LogP contribution in [0.25, 0.3) is 0 Å². The number of carbonyl (C=O) groups is 2. The first-order valence-corrected chi connectivity index (χ1v) is 18.3. The van der Waals surface area contributed by atoms with Crippen molar-refractivity contribution in [2.75, 3.05) is 10.8 Å². The van der Waals surface area contributed by atoms with Crippen molar-refractivity contribution >= 4 is 50.1 Å². The molecule has 1 N–H and O–H groups in total. The Morgan fingerprint density at radius 2 is 1.43 bits per heavy atom. The molecule has 0 radical (unpaired) electrons. The van der Waals surface area contributed by atoms with Gasteiger partial charge < -0.3 is 10.2 Å². The molecule has 5 rings (SSSR count). The Bertz CT molecular complexity index is 1710. The summed E-state index contributed by atoms with van der Waals surface area (Å²) >= 11 is 2.17. The lowest BCUT2D eigenvalue weighted by atomic mass is 9.94. The lowest BCUT2D eigenvalue weighted by Gasteiger charge is -2.35. The molecule has 46 heavy (non-hydrogen) atoms. The number of nitrogens with zero attached hydrogens (tertiary/aromatic N) is 2. The van der Waals surface area contributed by atoms with Crippen molar-refractivity contribution in [1.29, 1.82) is 0 Å². The molecule has 0 spiro atoms. The summed E-state index contributed by atoms with van der Waals surface area (Å²) in [7, 11) is -4.12. The minimum Gasteiger partial charge on any atom is -0.352 e. The fourth-order valence-corrected chi connectivity index (χ4v) is 7.72. The van der Waals surface area contributed by atoms with E-state index in [0.29, 0.717) is 12.1 Å². The van der Waals surface area contributed by atoms with E-state index in [0.717, 1.165) is 56.7 Å². The summed E-state index contributed by atoms with van der Waals surface area (Å²) in [6.45, 7) is 1.67. The van der Waals surface area contributed by atoms with Crippen LogP contribution in [-0.2, 0) is 32.6 Å². The zero-order chi connectivity index (χ0) is 32.5. The number of sulfonamides is 1. The molecule has 1 atom stereocenters. The van der Waals surface area contributed by atoms with Crippen molar-refractivity contribution in [3.05, 3.63) is 129 Å². The van der Waals surface area contributed by atoms with E-state index in [1.807, 2.05) is 73.7 Å². The third kappa shape index (κ3) is 8.55. The second-order valence-corrected chi connectivity index (χ2v) is 14.9. The Labute approximate surface area is 286 Å². The van der Waals surface area contributed by atoms with E-state index in [4.69, 9.17) is 0 Å². The molecule has 0 heterocycles. The summed E-state index contributed by atoms with van der Waals surface area (Å²) in [6.07, 6.45) is 5.38. The number of nitrogens with one attached hydrogen (secondary N) is 1. The average Bonchev–Trinajstić information content (AvgIpc) is 3.07. The van der Waals surface area contributed by atoms with Crippen LogP contribution in [0.5, 0.6) is 0 Å². The van der Waals surface area contributed by atoms with Gasteiger partial charge in [-0.1, -0.05) is 92.1 Å². The number of carbonyl (C=O) groups excluding carboxylic acids is 2. The van der Waals surface area contributed by atoms with Crippen LogP contribution in [0.3, 0.4) is 0 Å². The first-order chi connectivity index (χ1) is 22.2. The van der Waals surface area contributed by atoms with Crippen LogP contribution in [0.2, 0.25) is 0 Å². The molecular weight excluding hydrogens is 709 g/mol. The number of amides is 2. The van der Waals surface area contributed by atoms with Crippen LogP contribution >= 0.6 is 22.6 Å². The van der Waals surface area contributed by atoms with Gasteiger partial charge in [-0.3, -0.25) is 13.9 Å². The fourth-order valence-electron chi connectivity index (χ4n) is 5.93. The summed E-state index contributed by atoms with van der Waals surface area (Å²) in [6, 6.07) is 31.8. The van der Waals surface area contributed by atoms with Crippen molar-refractivity contribution in [3.63, 3.8) is 0 Å². The molecule has 4 aromatic carbocycles. The van der Waals surface area contributed by atoms with E-state index in [1.54, 1.807) is 35.2 Å². The maximum absolute atomic E-state index is 14.7. The maximum atomic E-state index is 14.7. The molecule has 9 heteroatoms. The van der Waals surface area contributed by atoms with Gasteiger partial charge in [0.05, 0.1) is 10.6 Å². The van der Waals surface area contributed by atoms with Gasteiger partial charge in [0.15, 0.2) is 0 Å². The summed E-state index contributed by atoms with van der Waals surface area (Å²) < 4.78 is 30.3. The Morgan fingerprint density at radius 1 is 0.826 bits per heavy atom. The van der Waals surface area contributed by atoms with Gasteiger partial charge in [-0.25, -0.2) is 8.42 Å². The fraction of sp³-hybridized carbons (Fsp3) is 0.297. The van der Waals surface area contributed by atoms with Crippen LogP contribution in [-0.4, -0.2) is 43.8 Å². The van der Waals surface area contributed by atoms with E-state index >= 15 is 0 Å². The quantitative estimate of drug-likeness (QED) is 0.160. The molecule has 240 valence electrons. The van der Waals surface area contributed by atoms with Gasteiger partial charge in [-0.2, -0.15) is 0 Å². The highest BCUT2D eigenvalue weighted by molar-refractivity contribution is 14.1. The summed E-state index contributed by atoms with van der Waals surface area (Å²) in [5.74, 6) is -0.676. The van der Waals surface area contributed by atoms with E-state index in [1.165, 1.54) is 12.1 Å². The van der Waals surface area contributed by atoms with Gasteiger partial charge >= 0.3 is 0 Å². The Kier molecular flexibility index (Phi) is 11.5. The lowest BCUT2D eigenvalue weighted by molar-refractivity contribution is -0.140. The van der Waals surface area contributed by atoms with Gasteiger partial charge in [0.1, 0.15) is 12.6 Å². The van der Waals surface area contributed by atoms with Crippen LogP contribution in [0.1, 0.15) is 48.8 Å². The second kappa shape index (κ2) is 15.7. The monoisotopic (exact) mass is 749 g/mol. The number of hydrogen-bond acceptors (Lipinski definition) is 4. The minimum atomic E-state index is -4.12. The maximum Gasteiger partial charge on any atom is 0.264 e. The normalized spacial score (nSPS) is 14.3. The van der Waals surface area contributed by atoms with Crippen molar-refractivity contribution in [2.45, 2.75) is 69.0 Å². The number of aryl methyl sites for hydroxylation is 1. The summed E-state index contributed by atoms with van der Waals surface area (Å²) in [5.41, 5.74) is 3.17. The highest BCUT2D eigenvalue weighted by Crippen LogP contribution is 2.26. The molecule has 4 aromatic rings. The molecule has 0 aliphatic heterocycles. The van der Waals surface area contributed by atoms with Gasteiger partial charge in [0.25, 0.3) is 10.0 Å². The smallest absolute Gasteiger partial charge is 0.264 e. The molecule has 0 saturated heterocycles. The SMILES string of the molecule is Cc1ccccc1CN(C(=O)CN(c1ccc(I)cc1)S(=O)(=O)c1ccccc1)C(Cc1ccccc1)C(=O)NC1CCCCC1. The van der Waals surface area contributed by atoms with E-state index in [-0.39, 0.29) is 23.4 Å². The van der Waals surface area contributed by atoms with Gasteiger partial charge in [-0.15, -0.1) is 0 Å². The standard InChI is InChI=1S/C37H40IN3O4S/c1-28-13-11-12-16-30(28)26-40(35(25-29-14-5-2-6-15-29)37(43)39-32-17-7-3-8-18-32)36(42)27-41(33-23-21-31(38)22-24-33)46(44,45)34-19-9-4-10-20-34/h2,4-6,9-16,19-24,32,35H,3,7-8,17-18,25-27H2,1H3,(H,39,43). The highest BCUT2D eigenvalue weighted by atomic mass is 127. The van der Waals surface area contributed by atoms with Crippen molar-refractivity contribution in [2.24, 2.45) is 0 Å². The number of benzene rings is 4. The van der Waals surface area contributed by atoms with E-state index < -0.39 is 28.5 Å². The Morgan fingerprint density at radius 3 is 2.09 bits per heavy atom. The number of anilines is 1. The topological polar surface area (TPSA) is 86.8 Å². The molecule has 2 amide bonds. The first kappa shape index (κ1) is 33.7. The van der Waals surface area contributed by atoms with E-state index in [9.17, 15) is 18.0 Å². The molecule has 1 aliphatic carbocycles. The molecule has 1 fully saturated rings. The Balaban J connectivity index is 1.56. The molecule has 0 bridgehead atoms. The van der Waals surface area contributed by atoms with Gasteiger partial charge in [0.2, 0.25) is 11.8 Å². The molecule has 1 unspecified atom stereocenters. The molecule has 1 aliphatic rings.